The molecule has 0 aliphatic carbocycles. The van der Waals surface area contributed by atoms with E-state index in [1.807, 2.05) is 49.8 Å². The minimum absolute atomic E-state index is 0.0212. The van der Waals surface area contributed by atoms with Gasteiger partial charge in [-0.1, -0.05) is 6.07 Å². The van der Waals surface area contributed by atoms with Crippen molar-refractivity contribution in [2.45, 2.75) is 58.8 Å². The molecule has 30 heavy (non-hydrogen) atoms. The number of nitrogens with one attached hydrogen (secondary N) is 1. The maximum absolute atomic E-state index is 12.3. The lowest BCUT2D eigenvalue weighted by Gasteiger charge is -2.39. The van der Waals surface area contributed by atoms with Gasteiger partial charge in [0.25, 0.3) is 0 Å². The number of methoxy groups -OCH3 is 1. The van der Waals surface area contributed by atoms with Crippen molar-refractivity contribution in [1.82, 2.24) is 15.1 Å². The Morgan fingerprint density at radius 2 is 2.07 bits per heavy atom. The van der Waals surface area contributed by atoms with Gasteiger partial charge in [0.15, 0.2) is 0 Å². The Kier molecular flexibility index (Phi) is 6.77. The minimum Gasteiger partial charge on any atom is -0.447 e. The molecule has 8 heteroatoms. The number of carbonyl (C=O) groups is 2. The third-order valence-electron chi connectivity index (χ3n) is 5.15. The summed E-state index contributed by atoms with van der Waals surface area (Å²) in [4.78, 5) is 26.4. The van der Waals surface area contributed by atoms with Crippen molar-refractivity contribution < 1.29 is 19.1 Å². The number of carbonyl (C=O) groups excluding carboxylic acids is 2. The van der Waals surface area contributed by atoms with E-state index in [1.54, 1.807) is 25.1 Å². The number of rotatable bonds is 6. The van der Waals surface area contributed by atoms with Gasteiger partial charge in [0.2, 0.25) is 5.91 Å². The first-order valence-corrected chi connectivity index (χ1v) is 10.2. The van der Waals surface area contributed by atoms with Crippen LogP contribution >= 0.6 is 0 Å². The molecule has 0 unspecified atom stereocenters. The van der Waals surface area contributed by atoms with Crippen LogP contribution in [0.4, 0.5) is 10.5 Å². The molecule has 1 aromatic carbocycles. The van der Waals surface area contributed by atoms with Crippen molar-refractivity contribution in [2.24, 2.45) is 0 Å². The zero-order valence-electron chi connectivity index (χ0n) is 18.2. The van der Waals surface area contributed by atoms with Gasteiger partial charge in [-0.25, -0.2) is 4.79 Å². The molecule has 1 aliphatic heterocycles. The summed E-state index contributed by atoms with van der Waals surface area (Å²) < 4.78 is 12.2. The van der Waals surface area contributed by atoms with Gasteiger partial charge in [0.1, 0.15) is 0 Å². The predicted octanol–water partition coefficient (Wildman–Crippen LogP) is 3.52. The van der Waals surface area contributed by atoms with Crippen LogP contribution in [0.1, 0.15) is 45.7 Å². The fourth-order valence-corrected chi connectivity index (χ4v) is 3.87. The number of benzene rings is 1. The summed E-state index contributed by atoms with van der Waals surface area (Å²) >= 11 is 0. The highest BCUT2D eigenvalue weighted by atomic mass is 16.6. The summed E-state index contributed by atoms with van der Waals surface area (Å²) in [5.74, 6) is -0.0212. The SMILES string of the molecule is COCCn1cc(-c2ccc3c(c2)[C@H](NC(=O)OC(C)C)C[C@H](C)N3C(C)=O)cn1. The first kappa shape index (κ1) is 21.8. The van der Waals surface area contributed by atoms with Crippen LogP contribution in [0.2, 0.25) is 0 Å². The van der Waals surface area contributed by atoms with Crippen molar-refractivity contribution in [1.29, 1.82) is 0 Å². The number of hydrogen-bond donors (Lipinski definition) is 1. The van der Waals surface area contributed by atoms with E-state index in [0.29, 0.717) is 19.6 Å². The van der Waals surface area contributed by atoms with Crippen molar-refractivity contribution in [3.8, 4) is 11.1 Å². The molecule has 0 saturated carbocycles. The lowest BCUT2D eigenvalue weighted by atomic mass is 9.89. The van der Waals surface area contributed by atoms with Crippen LogP contribution in [0.3, 0.4) is 0 Å². The quantitative estimate of drug-likeness (QED) is 0.782. The van der Waals surface area contributed by atoms with Gasteiger partial charge < -0.3 is 19.7 Å². The zero-order chi connectivity index (χ0) is 21.8. The number of hydrogen-bond acceptors (Lipinski definition) is 5. The minimum atomic E-state index is -0.456. The molecule has 8 nitrogen and oxygen atoms in total. The monoisotopic (exact) mass is 414 g/mol. The van der Waals surface area contributed by atoms with Gasteiger partial charge >= 0.3 is 6.09 Å². The van der Waals surface area contributed by atoms with E-state index in [1.165, 1.54) is 0 Å². The Balaban J connectivity index is 1.95. The second kappa shape index (κ2) is 9.30. The Bertz CT molecular complexity index is 908. The second-order valence-electron chi connectivity index (χ2n) is 7.88. The van der Waals surface area contributed by atoms with Gasteiger partial charge in [-0.15, -0.1) is 0 Å². The molecule has 162 valence electrons. The third-order valence-corrected chi connectivity index (χ3v) is 5.15. The van der Waals surface area contributed by atoms with Crippen LogP contribution in [0.15, 0.2) is 30.6 Å². The molecule has 1 aliphatic rings. The van der Waals surface area contributed by atoms with Crippen LogP contribution in [0.25, 0.3) is 11.1 Å². The summed E-state index contributed by atoms with van der Waals surface area (Å²) in [6.45, 7) is 8.43. The van der Waals surface area contributed by atoms with Crippen LogP contribution in [-0.2, 0) is 20.8 Å². The highest BCUT2D eigenvalue weighted by Gasteiger charge is 2.33. The maximum Gasteiger partial charge on any atom is 0.407 e. The number of aromatic nitrogens is 2. The Hall–Kier alpha value is -2.87. The molecule has 0 saturated heterocycles. The zero-order valence-corrected chi connectivity index (χ0v) is 18.2. The predicted molar refractivity (Wildman–Crippen MR) is 114 cm³/mol. The van der Waals surface area contributed by atoms with Crippen molar-refractivity contribution in [2.75, 3.05) is 18.6 Å². The molecule has 1 aromatic heterocycles. The van der Waals surface area contributed by atoms with Crippen molar-refractivity contribution in [3.63, 3.8) is 0 Å². The van der Waals surface area contributed by atoms with Crippen LogP contribution < -0.4 is 10.2 Å². The van der Waals surface area contributed by atoms with E-state index in [-0.39, 0.29) is 24.1 Å². The number of amides is 2. The molecule has 2 amide bonds. The highest BCUT2D eigenvalue weighted by molar-refractivity contribution is 5.94. The molecular formula is C22H30N4O4. The average molecular weight is 415 g/mol. The standard InChI is InChI=1S/C22H30N4O4/c1-14(2)30-22(28)24-20-10-15(3)26(16(4)27)21-7-6-17(11-19(20)21)18-12-23-25(13-18)8-9-29-5/h6-7,11-15,20H,8-10H2,1-5H3,(H,24,28)/t15-,20+/m0/s1. The normalized spacial score (nSPS) is 18.3. The molecule has 0 radical (unpaired) electrons. The molecule has 3 rings (SSSR count). The number of nitrogens with zero attached hydrogens (tertiary/aromatic N) is 3. The van der Waals surface area contributed by atoms with Crippen LogP contribution in [-0.4, -0.2) is 47.6 Å². The molecule has 0 spiro atoms. The van der Waals surface area contributed by atoms with Crippen molar-refractivity contribution in [3.05, 3.63) is 36.2 Å². The fourth-order valence-electron chi connectivity index (χ4n) is 3.87. The van der Waals surface area contributed by atoms with Crippen LogP contribution in [0.5, 0.6) is 0 Å². The van der Waals surface area contributed by atoms with E-state index >= 15 is 0 Å². The molecule has 2 heterocycles. The Morgan fingerprint density at radius 3 is 2.73 bits per heavy atom. The van der Waals surface area contributed by atoms with E-state index in [9.17, 15) is 9.59 Å². The first-order chi connectivity index (χ1) is 14.3. The molecule has 2 aromatic rings. The summed E-state index contributed by atoms with van der Waals surface area (Å²) in [6, 6.07) is 5.65. The Morgan fingerprint density at radius 1 is 1.30 bits per heavy atom. The maximum atomic E-state index is 12.3. The number of alkyl carbamates (subject to hydrolysis) is 1. The topological polar surface area (TPSA) is 85.7 Å². The van der Waals surface area contributed by atoms with Crippen LogP contribution in [0, 0.1) is 0 Å². The lowest BCUT2D eigenvalue weighted by Crippen LogP contribution is -2.45. The summed E-state index contributed by atoms with van der Waals surface area (Å²) in [6.07, 6.45) is 3.72. The van der Waals surface area contributed by atoms with Gasteiger partial charge in [-0.3, -0.25) is 9.48 Å². The fraction of sp³-hybridized carbons (Fsp3) is 0.500. The highest BCUT2D eigenvalue weighted by Crippen LogP contribution is 2.39. The second-order valence-corrected chi connectivity index (χ2v) is 7.88. The number of ether oxygens (including phenoxy) is 2. The van der Waals surface area contributed by atoms with E-state index in [2.05, 4.69) is 10.4 Å². The summed E-state index contributed by atoms with van der Waals surface area (Å²) in [7, 11) is 1.66. The Labute approximate surface area is 177 Å². The molecule has 0 fully saturated rings. The van der Waals surface area contributed by atoms with Gasteiger partial charge in [-0.2, -0.15) is 5.10 Å². The number of anilines is 1. The van der Waals surface area contributed by atoms with Gasteiger partial charge in [0.05, 0.1) is 31.5 Å². The van der Waals surface area contributed by atoms with Gasteiger partial charge in [-0.05, 0) is 50.5 Å². The van der Waals surface area contributed by atoms with E-state index in [4.69, 9.17) is 9.47 Å². The number of fused-ring (bicyclic) bond motifs is 1. The smallest absolute Gasteiger partial charge is 0.407 e. The average Bonchev–Trinajstić information content (AvgIpc) is 3.14. The van der Waals surface area contributed by atoms with E-state index in [0.717, 1.165) is 22.4 Å². The molecule has 1 N–H and O–H groups in total. The summed E-state index contributed by atoms with van der Waals surface area (Å²) in [5, 5.41) is 7.35. The summed E-state index contributed by atoms with van der Waals surface area (Å²) in [5.41, 5.74) is 3.64. The molecule has 0 bridgehead atoms. The first-order valence-electron chi connectivity index (χ1n) is 10.2. The van der Waals surface area contributed by atoms with Gasteiger partial charge in [0, 0.05) is 37.5 Å². The largest absolute Gasteiger partial charge is 0.447 e. The lowest BCUT2D eigenvalue weighted by molar-refractivity contribution is -0.117. The van der Waals surface area contributed by atoms with E-state index < -0.39 is 6.09 Å². The molecular weight excluding hydrogens is 384 g/mol. The van der Waals surface area contributed by atoms with Crippen molar-refractivity contribution >= 4 is 17.7 Å². The molecule has 2 atom stereocenters. The third kappa shape index (κ3) is 4.81.